The lowest BCUT2D eigenvalue weighted by Gasteiger charge is -2.14. The Balaban J connectivity index is 1.68. The molecule has 3 N–H and O–H groups in total. The number of halogens is 2. The average molecular weight is 393 g/mol. The predicted molar refractivity (Wildman–Crippen MR) is 102 cm³/mol. The number of hydrogen-bond acceptors (Lipinski definition) is 3. The second-order valence-corrected chi connectivity index (χ2v) is 7.20. The molecule has 0 spiro atoms. The number of pyridine rings is 1. The number of benzene rings is 1. The SMILES string of the molecule is O=C(C[NH2+][C@H](c1ccccc1)c1cccs1)Nc1ncc(Cl)cc1Cl. The van der Waals surface area contributed by atoms with Gasteiger partial charge in [0.25, 0.3) is 5.91 Å². The monoisotopic (exact) mass is 392 g/mol. The molecular formula is C18H16Cl2N3OS+. The molecule has 0 radical (unpaired) electrons. The molecule has 0 unspecified atom stereocenters. The van der Waals surface area contributed by atoms with Gasteiger partial charge in [-0.1, -0.05) is 59.6 Å². The number of hydrogen-bond donors (Lipinski definition) is 2. The van der Waals surface area contributed by atoms with Gasteiger partial charge in [0, 0.05) is 11.8 Å². The predicted octanol–water partition coefficient (Wildman–Crippen LogP) is 3.74. The number of aromatic nitrogens is 1. The molecule has 0 aliphatic rings. The van der Waals surface area contributed by atoms with Gasteiger partial charge in [0.2, 0.25) is 0 Å². The third kappa shape index (κ3) is 4.80. The van der Waals surface area contributed by atoms with Gasteiger partial charge in [-0.15, -0.1) is 11.3 Å². The molecule has 1 atom stereocenters. The van der Waals surface area contributed by atoms with E-state index in [4.69, 9.17) is 23.2 Å². The van der Waals surface area contributed by atoms with Crippen LogP contribution in [0.3, 0.4) is 0 Å². The Labute approximate surface area is 159 Å². The maximum atomic E-state index is 12.3. The summed E-state index contributed by atoms with van der Waals surface area (Å²) in [4.78, 5) is 17.5. The summed E-state index contributed by atoms with van der Waals surface area (Å²) in [6.45, 7) is 0.248. The molecule has 7 heteroatoms. The Morgan fingerprint density at radius 2 is 2.00 bits per heavy atom. The molecule has 0 aliphatic heterocycles. The minimum Gasteiger partial charge on any atom is -0.328 e. The van der Waals surface area contributed by atoms with E-state index >= 15 is 0 Å². The third-order valence-electron chi connectivity index (χ3n) is 3.61. The van der Waals surface area contributed by atoms with Crippen LogP contribution in [0.1, 0.15) is 16.5 Å². The zero-order valence-corrected chi connectivity index (χ0v) is 15.5. The molecule has 0 saturated carbocycles. The minimum atomic E-state index is -0.172. The largest absolute Gasteiger partial charge is 0.328 e. The number of nitrogens with zero attached hydrogens (tertiary/aromatic N) is 1. The Bertz CT molecular complexity index is 841. The number of amides is 1. The molecule has 2 aromatic heterocycles. The Morgan fingerprint density at radius 3 is 2.68 bits per heavy atom. The zero-order chi connectivity index (χ0) is 17.6. The van der Waals surface area contributed by atoms with Gasteiger partial charge in [-0.2, -0.15) is 0 Å². The number of rotatable bonds is 6. The summed E-state index contributed by atoms with van der Waals surface area (Å²) in [7, 11) is 0. The van der Waals surface area contributed by atoms with Gasteiger partial charge in [-0.25, -0.2) is 4.98 Å². The molecule has 25 heavy (non-hydrogen) atoms. The van der Waals surface area contributed by atoms with Gasteiger partial charge in [0.15, 0.2) is 12.4 Å². The highest BCUT2D eigenvalue weighted by atomic mass is 35.5. The maximum absolute atomic E-state index is 12.3. The fraction of sp³-hybridized carbons (Fsp3) is 0.111. The van der Waals surface area contributed by atoms with Crippen molar-refractivity contribution in [3.63, 3.8) is 0 Å². The second kappa shape index (κ2) is 8.45. The van der Waals surface area contributed by atoms with Crippen molar-refractivity contribution in [3.8, 4) is 0 Å². The minimum absolute atomic E-state index is 0.0700. The molecule has 0 bridgehead atoms. The van der Waals surface area contributed by atoms with Crippen molar-refractivity contribution in [1.82, 2.24) is 4.98 Å². The van der Waals surface area contributed by atoms with Gasteiger partial charge in [-0.3, -0.25) is 4.79 Å². The first-order valence-electron chi connectivity index (χ1n) is 7.66. The van der Waals surface area contributed by atoms with Gasteiger partial charge in [-0.05, 0) is 17.5 Å². The van der Waals surface area contributed by atoms with Crippen LogP contribution in [0.2, 0.25) is 10.0 Å². The van der Waals surface area contributed by atoms with Crippen LogP contribution < -0.4 is 10.6 Å². The lowest BCUT2D eigenvalue weighted by Crippen LogP contribution is -2.87. The summed E-state index contributed by atoms with van der Waals surface area (Å²) >= 11 is 13.5. The highest BCUT2D eigenvalue weighted by Gasteiger charge is 2.20. The zero-order valence-electron chi connectivity index (χ0n) is 13.2. The molecule has 0 fully saturated rings. The lowest BCUT2D eigenvalue weighted by molar-refractivity contribution is -0.675. The molecule has 128 valence electrons. The fourth-order valence-corrected chi connectivity index (χ4v) is 3.74. The van der Waals surface area contributed by atoms with Crippen molar-refractivity contribution >= 4 is 46.3 Å². The summed E-state index contributed by atoms with van der Waals surface area (Å²) < 4.78 is 0. The van der Waals surface area contributed by atoms with E-state index in [2.05, 4.69) is 28.5 Å². The summed E-state index contributed by atoms with van der Waals surface area (Å²) in [5.41, 5.74) is 1.15. The molecule has 3 aromatic rings. The number of quaternary nitrogens is 1. The molecular weight excluding hydrogens is 377 g/mol. The summed E-state index contributed by atoms with van der Waals surface area (Å²) in [5.74, 6) is 0.145. The van der Waals surface area contributed by atoms with Crippen molar-refractivity contribution in [1.29, 1.82) is 0 Å². The van der Waals surface area contributed by atoms with Gasteiger partial charge in [0.1, 0.15) is 6.04 Å². The maximum Gasteiger partial charge on any atom is 0.280 e. The molecule has 2 heterocycles. The van der Waals surface area contributed by atoms with Gasteiger partial charge >= 0.3 is 0 Å². The molecule has 3 rings (SSSR count). The van der Waals surface area contributed by atoms with Crippen LogP contribution in [0.25, 0.3) is 0 Å². The van der Waals surface area contributed by atoms with E-state index in [-0.39, 0.29) is 18.5 Å². The molecule has 0 saturated heterocycles. The van der Waals surface area contributed by atoms with Crippen molar-refractivity contribution in [3.05, 3.63) is 80.6 Å². The molecule has 0 aliphatic carbocycles. The van der Waals surface area contributed by atoms with E-state index in [0.717, 1.165) is 5.56 Å². The highest BCUT2D eigenvalue weighted by molar-refractivity contribution is 7.10. The molecule has 1 aromatic carbocycles. The van der Waals surface area contributed by atoms with E-state index < -0.39 is 0 Å². The Kier molecular flexibility index (Phi) is 6.04. The Hall–Kier alpha value is -1.92. The standard InChI is InChI=1S/C18H15Cl2N3OS/c19-13-9-14(20)18(22-10-13)23-16(24)11-21-17(15-7-4-8-25-15)12-5-2-1-3-6-12/h1-10,17,21H,11H2,(H,22,23,24)/p+1/t17-/m1/s1. The lowest BCUT2D eigenvalue weighted by atomic mass is 10.1. The van der Waals surface area contributed by atoms with Crippen LogP contribution >= 0.6 is 34.5 Å². The van der Waals surface area contributed by atoms with Crippen LogP contribution in [0.5, 0.6) is 0 Å². The van der Waals surface area contributed by atoms with Gasteiger partial charge < -0.3 is 10.6 Å². The van der Waals surface area contributed by atoms with Crippen LogP contribution in [0, 0.1) is 0 Å². The quantitative estimate of drug-likeness (QED) is 0.670. The summed E-state index contributed by atoms with van der Waals surface area (Å²) in [5, 5.41) is 7.51. The van der Waals surface area contributed by atoms with Crippen LogP contribution in [-0.4, -0.2) is 17.4 Å². The first-order valence-corrected chi connectivity index (χ1v) is 9.29. The number of nitrogens with two attached hydrogens (primary N) is 1. The van der Waals surface area contributed by atoms with Crippen molar-refractivity contribution in [2.75, 3.05) is 11.9 Å². The smallest absolute Gasteiger partial charge is 0.280 e. The number of anilines is 1. The van der Waals surface area contributed by atoms with E-state index in [0.29, 0.717) is 15.9 Å². The summed E-state index contributed by atoms with van der Waals surface area (Å²) in [6.07, 6.45) is 1.45. The molecule has 4 nitrogen and oxygen atoms in total. The third-order valence-corrected chi connectivity index (χ3v) is 5.06. The average Bonchev–Trinajstić information content (AvgIpc) is 3.13. The highest BCUT2D eigenvalue weighted by Crippen LogP contribution is 2.23. The first kappa shape index (κ1) is 17.9. The number of nitrogens with one attached hydrogen (secondary N) is 1. The van der Waals surface area contributed by atoms with Crippen LogP contribution in [0.15, 0.2) is 60.1 Å². The van der Waals surface area contributed by atoms with Crippen LogP contribution in [-0.2, 0) is 4.79 Å². The van der Waals surface area contributed by atoms with Crippen molar-refractivity contribution in [2.45, 2.75) is 6.04 Å². The van der Waals surface area contributed by atoms with Crippen LogP contribution in [0.4, 0.5) is 5.82 Å². The van der Waals surface area contributed by atoms with E-state index in [1.165, 1.54) is 11.1 Å². The topological polar surface area (TPSA) is 58.6 Å². The fourth-order valence-electron chi connectivity index (χ4n) is 2.46. The normalized spacial score (nSPS) is 11.9. The second-order valence-electron chi connectivity index (χ2n) is 5.38. The van der Waals surface area contributed by atoms with Gasteiger partial charge in [0.05, 0.1) is 14.9 Å². The number of thiophene rings is 1. The van der Waals surface area contributed by atoms with E-state index in [1.807, 2.05) is 35.0 Å². The Morgan fingerprint density at radius 1 is 1.20 bits per heavy atom. The molecule has 1 amide bonds. The summed E-state index contributed by atoms with van der Waals surface area (Å²) in [6, 6.07) is 15.8. The number of carbonyl (C=O) groups excluding carboxylic acids is 1. The van der Waals surface area contributed by atoms with Crippen molar-refractivity contribution < 1.29 is 10.1 Å². The van der Waals surface area contributed by atoms with E-state index in [9.17, 15) is 4.79 Å². The number of carbonyl (C=O) groups is 1. The first-order chi connectivity index (χ1) is 12.1. The van der Waals surface area contributed by atoms with Crippen molar-refractivity contribution in [2.24, 2.45) is 0 Å². The van der Waals surface area contributed by atoms with E-state index in [1.54, 1.807) is 17.4 Å².